The van der Waals surface area contributed by atoms with Crippen molar-refractivity contribution >= 4 is 17.6 Å². The number of aliphatic imine (C=N–C) groups is 1. The summed E-state index contributed by atoms with van der Waals surface area (Å²) in [4.78, 5) is 15.9. The standard InChI is InChI=1S/C19H22F2N4O2/c1-13(27-17-5-3-4-15(21)10-17)11-23-19(22-2)24-12-18(26)25-16-8-6-14(20)7-9-16/h3-10,13H,11-12H2,1-2H3,(H,25,26)(H2,22,23,24). The fourth-order valence-corrected chi connectivity index (χ4v) is 2.18. The van der Waals surface area contributed by atoms with Crippen molar-refractivity contribution < 1.29 is 18.3 Å². The summed E-state index contributed by atoms with van der Waals surface area (Å²) >= 11 is 0. The highest BCUT2D eigenvalue weighted by Gasteiger charge is 2.08. The molecule has 0 aliphatic rings. The van der Waals surface area contributed by atoms with E-state index in [1.54, 1.807) is 19.2 Å². The smallest absolute Gasteiger partial charge is 0.243 e. The number of hydrogen-bond donors (Lipinski definition) is 3. The van der Waals surface area contributed by atoms with Gasteiger partial charge in [0.15, 0.2) is 5.96 Å². The van der Waals surface area contributed by atoms with Crippen LogP contribution in [0.4, 0.5) is 14.5 Å². The average molecular weight is 376 g/mol. The lowest BCUT2D eigenvalue weighted by molar-refractivity contribution is -0.115. The Hall–Kier alpha value is -3.16. The summed E-state index contributed by atoms with van der Waals surface area (Å²) in [6.07, 6.45) is -0.251. The Bertz CT molecular complexity index is 782. The van der Waals surface area contributed by atoms with Gasteiger partial charge in [-0.25, -0.2) is 8.78 Å². The van der Waals surface area contributed by atoms with Gasteiger partial charge in [-0.3, -0.25) is 9.79 Å². The van der Waals surface area contributed by atoms with Crippen molar-refractivity contribution in [3.8, 4) is 5.75 Å². The van der Waals surface area contributed by atoms with E-state index in [9.17, 15) is 13.6 Å². The van der Waals surface area contributed by atoms with Crippen LogP contribution in [0, 0.1) is 11.6 Å². The van der Waals surface area contributed by atoms with Crippen molar-refractivity contribution in [2.24, 2.45) is 4.99 Å². The lowest BCUT2D eigenvalue weighted by Crippen LogP contribution is -2.44. The number of ether oxygens (including phenoxy) is 1. The largest absolute Gasteiger partial charge is 0.489 e. The molecule has 0 fully saturated rings. The van der Waals surface area contributed by atoms with Crippen molar-refractivity contribution in [3.05, 3.63) is 60.2 Å². The number of hydrogen-bond acceptors (Lipinski definition) is 3. The first-order valence-corrected chi connectivity index (χ1v) is 8.38. The number of rotatable bonds is 7. The molecule has 2 rings (SSSR count). The van der Waals surface area contributed by atoms with E-state index in [0.717, 1.165) is 0 Å². The summed E-state index contributed by atoms with van der Waals surface area (Å²) in [7, 11) is 1.57. The van der Waals surface area contributed by atoms with Gasteiger partial charge in [0.2, 0.25) is 5.91 Å². The predicted octanol–water partition coefficient (Wildman–Crippen LogP) is 2.54. The summed E-state index contributed by atoms with van der Waals surface area (Å²) in [5.74, 6) is -0.180. The first kappa shape index (κ1) is 20.2. The maximum Gasteiger partial charge on any atom is 0.243 e. The van der Waals surface area contributed by atoms with E-state index >= 15 is 0 Å². The number of carbonyl (C=O) groups is 1. The summed E-state index contributed by atoms with van der Waals surface area (Å²) in [5.41, 5.74) is 0.503. The Morgan fingerprint density at radius 3 is 2.52 bits per heavy atom. The topological polar surface area (TPSA) is 74.8 Å². The third-order valence-corrected chi connectivity index (χ3v) is 3.46. The minimum Gasteiger partial charge on any atom is -0.489 e. The molecule has 0 aromatic heterocycles. The van der Waals surface area contributed by atoms with Crippen LogP contribution in [0.3, 0.4) is 0 Å². The molecule has 0 bridgehead atoms. The monoisotopic (exact) mass is 376 g/mol. The van der Waals surface area contributed by atoms with Crippen LogP contribution in [0.25, 0.3) is 0 Å². The third-order valence-electron chi connectivity index (χ3n) is 3.46. The van der Waals surface area contributed by atoms with E-state index in [4.69, 9.17) is 4.74 Å². The van der Waals surface area contributed by atoms with Crippen molar-refractivity contribution in [2.75, 3.05) is 25.5 Å². The molecule has 0 saturated heterocycles. The van der Waals surface area contributed by atoms with E-state index in [1.807, 2.05) is 6.92 Å². The lowest BCUT2D eigenvalue weighted by Gasteiger charge is -2.17. The van der Waals surface area contributed by atoms with Gasteiger partial charge in [0, 0.05) is 18.8 Å². The van der Waals surface area contributed by atoms with Gasteiger partial charge in [0.05, 0.1) is 13.1 Å². The van der Waals surface area contributed by atoms with Gasteiger partial charge >= 0.3 is 0 Å². The molecular formula is C19H22F2N4O2. The minimum atomic E-state index is -0.370. The molecule has 27 heavy (non-hydrogen) atoms. The second-order valence-corrected chi connectivity index (χ2v) is 5.75. The van der Waals surface area contributed by atoms with Gasteiger partial charge < -0.3 is 20.7 Å². The van der Waals surface area contributed by atoms with E-state index in [0.29, 0.717) is 23.9 Å². The first-order valence-electron chi connectivity index (χ1n) is 8.38. The molecule has 0 spiro atoms. The molecule has 1 atom stereocenters. The number of anilines is 1. The Kier molecular flexibility index (Phi) is 7.54. The zero-order valence-corrected chi connectivity index (χ0v) is 15.1. The second-order valence-electron chi connectivity index (χ2n) is 5.75. The van der Waals surface area contributed by atoms with Gasteiger partial charge in [0.1, 0.15) is 23.5 Å². The van der Waals surface area contributed by atoms with Crippen LogP contribution in [-0.4, -0.2) is 38.1 Å². The van der Waals surface area contributed by atoms with E-state index in [1.165, 1.54) is 36.4 Å². The Labute approximate surface area is 156 Å². The molecule has 8 heteroatoms. The molecule has 2 aromatic rings. The predicted molar refractivity (Wildman–Crippen MR) is 101 cm³/mol. The van der Waals surface area contributed by atoms with Gasteiger partial charge in [0.25, 0.3) is 0 Å². The fourth-order valence-electron chi connectivity index (χ4n) is 2.18. The van der Waals surface area contributed by atoms with Crippen LogP contribution < -0.4 is 20.7 Å². The van der Waals surface area contributed by atoms with Gasteiger partial charge in [-0.2, -0.15) is 0 Å². The maximum absolute atomic E-state index is 13.2. The van der Waals surface area contributed by atoms with Gasteiger partial charge in [-0.1, -0.05) is 6.07 Å². The Morgan fingerprint density at radius 1 is 1.11 bits per heavy atom. The van der Waals surface area contributed by atoms with Crippen molar-refractivity contribution in [1.29, 1.82) is 0 Å². The average Bonchev–Trinajstić information content (AvgIpc) is 2.64. The molecule has 1 unspecified atom stereocenters. The first-order chi connectivity index (χ1) is 13.0. The number of halogens is 2. The number of carbonyl (C=O) groups excluding carboxylic acids is 1. The maximum atomic E-state index is 13.2. The summed E-state index contributed by atoms with van der Waals surface area (Å²) < 4.78 is 31.6. The van der Waals surface area contributed by atoms with Crippen molar-refractivity contribution in [2.45, 2.75) is 13.0 Å². The molecule has 0 saturated carbocycles. The van der Waals surface area contributed by atoms with E-state index < -0.39 is 0 Å². The quantitative estimate of drug-likeness (QED) is 0.513. The molecule has 3 N–H and O–H groups in total. The number of nitrogens with zero attached hydrogens (tertiary/aromatic N) is 1. The third kappa shape index (κ3) is 7.31. The zero-order valence-electron chi connectivity index (χ0n) is 15.1. The van der Waals surface area contributed by atoms with Gasteiger partial charge in [-0.15, -0.1) is 0 Å². The molecule has 6 nitrogen and oxygen atoms in total. The number of guanidine groups is 1. The van der Waals surface area contributed by atoms with Crippen LogP contribution in [0.2, 0.25) is 0 Å². The minimum absolute atomic E-state index is 0.0177. The summed E-state index contributed by atoms with van der Waals surface area (Å²) in [6, 6.07) is 11.4. The molecule has 0 radical (unpaired) electrons. The van der Waals surface area contributed by atoms with Crippen LogP contribution in [0.1, 0.15) is 6.92 Å². The molecule has 1 amide bonds. The summed E-state index contributed by atoms with van der Waals surface area (Å²) in [6.45, 7) is 2.21. The van der Waals surface area contributed by atoms with Crippen LogP contribution in [0.15, 0.2) is 53.5 Å². The van der Waals surface area contributed by atoms with Crippen molar-refractivity contribution in [3.63, 3.8) is 0 Å². The number of amides is 1. The SMILES string of the molecule is CN=C(NCC(=O)Nc1ccc(F)cc1)NCC(C)Oc1cccc(F)c1. The Morgan fingerprint density at radius 2 is 1.85 bits per heavy atom. The zero-order chi connectivity index (χ0) is 19.6. The van der Waals surface area contributed by atoms with Crippen LogP contribution in [0.5, 0.6) is 5.75 Å². The lowest BCUT2D eigenvalue weighted by atomic mass is 10.3. The summed E-state index contributed by atoms with van der Waals surface area (Å²) in [5, 5.41) is 8.53. The number of benzene rings is 2. The van der Waals surface area contributed by atoms with E-state index in [-0.39, 0.29) is 30.2 Å². The highest BCUT2D eigenvalue weighted by atomic mass is 19.1. The van der Waals surface area contributed by atoms with Crippen molar-refractivity contribution in [1.82, 2.24) is 10.6 Å². The molecule has 0 aliphatic carbocycles. The molecular weight excluding hydrogens is 354 g/mol. The highest BCUT2D eigenvalue weighted by Crippen LogP contribution is 2.13. The second kappa shape index (κ2) is 10.1. The van der Waals surface area contributed by atoms with Gasteiger partial charge in [-0.05, 0) is 43.3 Å². The molecule has 2 aromatic carbocycles. The Balaban J connectivity index is 1.73. The highest BCUT2D eigenvalue weighted by molar-refractivity contribution is 5.94. The fraction of sp³-hybridized carbons (Fsp3) is 0.263. The number of nitrogens with one attached hydrogen (secondary N) is 3. The normalized spacial score (nSPS) is 12.2. The molecule has 144 valence electrons. The molecule has 0 heterocycles. The van der Waals surface area contributed by atoms with Crippen LogP contribution in [-0.2, 0) is 4.79 Å². The van der Waals surface area contributed by atoms with Crippen LogP contribution >= 0.6 is 0 Å². The van der Waals surface area contributed by atoms with E-state index in [2.05, 4.69) is 20.9 Å². The molecule has 0 aliphatic heterocycles.